The minimum Gasteiger partial charge on any atom is -0.339 e. The third-order valence-corrected chi connectivity index (χ3v) is 4.65. The molecule has 33 heavy (non-hydrogen) atoms. The number of benzene rings is 2. The van der Waals surface area contributed by atoms with E-state index < -0.39 is 17.9 Å². The zero-order chi connectivity index (χ0) is 24.2. The summed E-state index contributed by atoms with van der Waals surface area (Å²) in [7, 11) is 1.91. The number of nitrogens with zero attached hydrogens (tertiary/aromatic N) is 1. The molecule has 6 N–H and O–H groups in total. The molecule has 9 heteroatoms. The summed E-state index contributed by atoms with van der Waals surface area (Å²) in [5.74, 6) is 4.70. The lowest BCUT2D eigenvalue weighted by atomic mass is 10.1. The lowest BCUT2D eigenvalue weighted by Crippen LogP contribution is -2.50. The number of anilines is 1. The second-order valence-corrected chi connectivity index (χ2v) is 7.43. The Balaban J connectivity index is 1.95. The van der Waals surface area contributed by atoms with E-state index in [2.05, 4.69) is 29.4 Å². The first kappa shape index (κ1) is 25.5. The normalized spacial score (nSPS) is 11.2. The number of nitrogens with one attached hydrogen (secondary N) is 3. The number of carbonyl (C=O) groups is 3. The number of carbonyl (C=O) groups excluding carboxylic acids is 3. The number of likely N-dealkylation sites (N-methyl/N-ethyl adjacent to an activating group) is 1. The standard InChI is InChI=1S/C24H29N5O4/c1-3-14-29(2)16-22(30)26-20-12-8-18(9-13-20)5-4-17-6-10-19(11-7-17)23(31)27-21(15-25)24(32)28-33/h6-13,21,33H,3,14-16,25H2,1-2H3,(H,26,30)(H,27,31)(H,28,32)/t21-/m0/s1. The fraction of sp³-hybridized carbons (Fsp3) is 0.292. The molecule has 0 heterocycles. The van der Waals surface area contributed by atoms with E-state index in [-0.39, 0.29) is 12.5 Å². The summed E-state index contributed by atoms with van der Waals surface area (Å²) in [4.78, 5) is 37.7. The van der Waals surface area contributed by atoms with E-state index >= 15 is 0 Å². The van der Waals surface area contributed by atoms with Crippen LogP contribution in [0.2, 0.25) is 0 Å². The van der Waals surface area contributed by atoms with Crippen molar-refractivity contribution in [3.8, 4) is 11.8 Å². The third-order valence-electron chi connectivity index (χ3n) is 4.65. The van der Waals surface area contributed by atoms with Gasteiger partial charge in [0.05, 0.1) is 6.54 Å². The van der Waals surface area contributed by atoms with Gasteiger partial charge >= 0.3 is 0 Å². The summed E-state index contributed by atoms with van der Waals surface area (Å²) in [6.07, 6.45) is 0.991. The zero-order valence-corrected chi connectivity index (χ0v) is 18.7. The van der Waals surface area contributed by atoms with Crippen LogP contribution in [0.5, 0.6) is 0 Å². The number of rotatable bonds is 9. The van der Waals surface area contributed by atoms with Gasteiger partial charge in [0.2, 0.25) is 5.91 Å². The molecule has 0 aliphatic heterocycles. The van der Waals surface area contributed by atoms with E-state index in [1.165, 1.54) is 5.48 Å². The molecule has 2 aromatic carbocycles. The van der Waals surface area contributed by atoms with Gasteiger partial charge < -0.3 is 16.4 Å². The van der Waals surface area contributed by atoms with Crippen molar-refractivity contribution < 1.29 is 19.6 Å². The van der Waals surface area contributed by atoms with Crippen molar-refractivity contribution in [1.29, 1.82) is 0 Å². The first-order chi connectivity index (χ1) is 15.9. The molecule has 2 rings (SSSR count). The highest BCUT2D eigenvalue weighted by atomic mass is 16.5. The predicted molar refractivity (Wildman–Crippen MR) is 126 cm³/mol. The van der Waals surface area contributed by atoms with Gasteiger partial charge in [-0.1, -0.05) is 18.8 Å². The van der Waals surface area contributed by atoms with Crippen LogP contribution >= 0.6 is 0 Å². The maximum atomic E-state index is 12.2. The molecule has 3 amide bonds. The molecule has 9 nitrogen and oxygen atoms in total. The Morgan fingerprint density at radius 1 is 1.03 bits per heavy atom. The first-order valence-electron chi connectivity index (χ1n) is 10.5. The average molecular weight is 452 g/mol. The van der Waals surface area contributed by atoms with E-state index in [0.717, 1.165) is 18.5 Å². The Kier molecular flexibility index (Phi) is 10.0. The summed E-state index contributed by atoms with van der Waals surface area (Å²) in [6.45, 7) is 3.12. The number of nitrogens with two attached hydrogens (primary N) is 1. The molecule has 2 aromatic rings. The Morgan fingerprint density at radius 3 is 2.12 bits per heavy atom. The molecule has 0 bridgehead atoms. The zero-order valence-electron chi connectivity index (χ0n) is 18.7. The molecule has 0 aliphatic rings. The maximum absolute atomic E-state index is 12.2. The number of hydrogen-bond donors (Lipinski definition) is 5. The summed E-state index contributed by atoms with van der Waals surface area (Å²) >= 11 is 0. The Labute approximate surface area is 193 Å². The molecular weight excluding hydrogens is 422 g/mol. The third kappa shape index (κ3) is 8.38. The minimum atomic E-state index is -1.04. The number of hydrogen-bond acceptors (Lipinski definition) is 6. The highest BCUT2D eigenvalue weighted by Gasteiger charge is 2.19. The smallest absolute Gasteiger partial charge is 0.267 e. The fourth-order valence-corrected chi connectivity index (χ4v) is 2.94. The van der Waals surface area contributed by atoms with Crippen LogP contribution in [0, 0.1) is 11.8 Å². The molecule has 0 saturated heterocycles. The summed E-state index contributed by atoms with van der Waals surface area (Å²) in [5.41, 5.74) is 9.40. The lowest BCUT2D eigenvalue weighted by molar-refractivity contribution is -0.130. The summed E-state index contributed by atoms with van der Waals surface area (Å²) in [6, 6.07) is 12.7. The van der Waals surface area contributed by atoms with Crippen LogP contribution in [0.25, 0.3) is 0 Å². The van der Waals surface area contributed by atoms with Crippen LogP contribution in [0.15, 0.2) is 48.5 Å². The second-order valence-electron chi connectivity index (χ2n) is 7.43. The van der Waals surface area contributed by atoms with E-state index in [9.17, 15) is 14.4 Å². The van der Waals surface area contributed by atoms with Gasteiger partial charge in [-0.15, -0.1) is 0 Å². The van der Waals surface area contributed by atoms with Gasteiger partial charge in [0.15, 0.2) is 0 Å². The lowest BCUT2D eigenvalue weighted by Gasteiger charge is -2.14. The molecule has 0 fully saturated rings. The van der Waals surface area contributed by atoms with Gasteiger partial charge in [-0.05, 0) is 68.5 Å². The first-order valence-corrected chi connectivity index (χ1v) is 10.5. The Morgan fingerprint density at radius 2 is 1.61 bits per heavy atom. The quantitative estimate of drug-likeness (QED) is 0.219. The average Bonchev–Trinajstić information content (AvgIpc) is 2.81. The van der Waals surface area contributed by atoms with Gasteiger partial charge in [0.25, 0.3) is 11.8 Å². The van der Waals surface area contributed by atoms with Crippen LogP contribution in [0.1, 0.15) is 34.8 Å². The molecule has 0 unspecified atom stereocenters. The molecular formula is C24H29N5O4. The monoisotopic (exact) mass is 451 g/mol. The van der Waals surface area contributed by atoms with Crippen molar-refractivity contribution in [2.45, 2.75) is 19.4 Å². The minimum absolute atomic E-state index is 0.0660. The molecule has 0 spiro atoms. The van der Waals surface area contributed by atoms with Crippen molar-refractivity contribution in [2.75, 3.05) is 32.0 Å². The fourth-order valence-electron chi connectivity index (χ4n) is 2.94. The van der Waals surface area contributed by atoms with Crippen LogP contribution in [0.4, 0.5) is 5.69 Å². The van der Waals surface area contributed by atoms with Gasteiger partial charge in [-0.3, -0.25) is 24.5 Å². The highest BCUT2D eigenvalue weighted by Crippen LogP contribution is 2.10. The van der Waals surface area contributed by atoms with Gasteiger partial charge in [-0.2, -0.15) is 0 Å². The summed E-state index contributed by atoms with van der Waals surface area (Å²) in [5, 5.41) is 14.0. The molecule has 0 aliphatic carbocycles. The van der Waals surface area contributed by atoms with Crippen LogP contribution in [-0.4, -0.2) is 60.6 Å². The second kappa shape index (κ2) is 13.0. The van der Waals surface area contributed by atoms with Gasteiger partial charge in [0, 0.05) is 28.9 Å². The Hall–Kier alpha value is -3.71. The van der Waals surface area contributed by atoms with Crippen LogP contribution < -0.4 is 21.8 Å². The van der Waals surface area contributed by atoms with Crippen LogP contribution in [0.3, 0.4) is 0 Å². The van der Waals surface area contributed by atoms with Crippen molar-refractivity contribution in [2.24, 2.45) is 5.73 Å². The maximum Gasteiger partial charge on any atom is 0.267 e. The van der Waals surface area contributed by atoms with Crippen LogP contribution in [-0.2, 0) is 9.59 Å². The van der Waals surface area contributed by atoms with Gasteiger partial charge in [-0.25, -0.2) is 5.48 Å². The molecule has 1 atom stereocenters. The molecule has 0 saturated carbocycles. The SMILES string of the molecule is CCCN(C)CC(=O)Nc1ccc(C#Cc2ccc(C(=O)N[C@@H](CN)C(=O)NO)cc2)cc1. The molecule has 174 valence electrons. The van der Waals surface area contributed by atoms with E-state index in [1.54, 1.807) is 36.4 Å². The number of hydroxylamine groups is 1. The van der Waals surface area contributed by atoms with Crippen molar-refractivity contribution in [3.05, 3.63) is 65.2 Å². The predicted octanol–water partition coefficient (Wildman–Crippen LogP) is 0.929. The van der Waals surface area contributed by atoms with E-state index in [1.807, 2.05) is 24.1 Å². The topological polar surface area (TPSA) is 137 Å². The van der Waals surface area contributed by atoms with E-state index in [0.29, 0.717) is 23.4 Å². The molecule has 0 aromatic heterocycles. The largest absolute Gasteiger partial charge is 0.339 e. The highest BCUT2D eigenvalue weighted by molar-refractivity contribution is 5.97. The summed E-state index contributed by atoms with van der Waals surface area (Å²) < 4.78 is 0. The molecule has 0 radical (unpaired) electrons. The van der Waals surface area contributed by atoms with Crippen molar-refractivity contribution in [3.63, 3.8) is 0 Å². The van der Waals surface area contributed by atoms with E-state index in [4.69, 9.17) is 10.9 Å². The van der Waals surface area contributed by atoms with Crippen molar-refractivity contribution in [1.82, 2.24) is 15.7 Å². The van der Waals surface area contributed by atoms with Gasteiger partial charge in [0.1, 0.15) is 6.04 Å². The Bertz CT molecular complexity index is 1010. The number of amides is 3. The van der Waals surface area contributed by atoms with Crippen molar-refractivity contribution >= 4 is 23.4 Å².